The quantitative estimate of drug-likeness (QED) is 0.176. The van der Waals surface area contributed by atoms with E-state index >= 15 is 0 Å². The topological polar surface area (TPSA) is 137 Å². The van der Waals surface area contributed by atoms with E-state index in [1.807, 2.05) is 30.3 Å². The maximum Gasteiger partial charge on any atom is 0.343 e. The summed E-state index contributed by atoms with van der Waals surface area (Å²) in [5.74, 6) is -0.800. The highest BCUT2D eigenvalue weighted by Gasteiger charge is 2.18. The van der Waals surface area contributed by atoms with Crippen molar-refractivity contribution in [1.29, 1.82) is 0 Å². The molecule has 3 aromatic carbocycles. The molecule has 3 aromatic rings. The Morgan fingerprint density at radius 2 is 1.51 bits per heavy atom. The fourth-order valence-corrected chi connectivity index (χ4v) is 3.54. The van der Waals surface area contributed by atoms with Crippen molar-refractivity contribution in [2.24, 2.45) is 16.5 Å². The van der Waals surface area contributed by atoms with Crippen molar-refractivity contribution >= 4 is 29.5 Å². The van der Waals surface area contributed by atoms with Gasteiger partial charge in [-0.15, -0.1) is 0 Å². The third-order valence-electron chi connectivity index (χ3n) is 5.29. The van der Waals surface area contributed by atoms with Crippen LogP contribution in [0.1, 0.15) is 46.0 Å². The van der Waals surface area contributed by atoms with Gasteiger partial charge in [0.2, 0.25) is 0 Å². The van der Waals surface area contributed by atoms with Crippen LogP contribution in [-0.2, 0) is 16.1 Å². The molecule has 0 saturated heterocycles. The Kier molecular flexibility index (Phi) is 9.78. The maximum absolute atomic E-state index is 13.3. The highest BCUT2D eigenvalue weighted by Crippen LogP contribution is 2.19. The monoisotopic (exact) mass is 502 g/mol. The van der Waals surface area contributed by atoms with Crippen LogP contribution in [0.3, 0.4) is 0 Å². The summed E-state index contributed by atoms with van der Waals surface area (Å²) in [5, 5.41) is 0. The molecule has 0 atom stereocenters. The van der Waals surface area contributed by atoms with Crippen LogP contribution >= 0.6 is 0 Å². The number of nitrogens with zero attached hydrogens (tertiary/aromatic N) is 2. The van der Waals surface area contributed by atoms with E-state index in [1.54, 1.807) is 60.4 Å². The molecule has 9 heteroatoms. The lowest BCUT2D eigenvalue weighted by atomic mass is 10.1. The summed E-state index contributed by atoms with van der Waals surface area (Å²) in [5.41, 5.74) is 12.9. The van der Waals surface area contributed by atoms with Crippen molar-refractivity contribution in [3.05, 3.63) is 95.6 Å². The first-order valence-electron chi connectivity index (χ1n) is 11.9. The Morgan fingerprint density at radius 3 is 2.14 bits per heavy atom. The van der Waals surface area contributed by atoms with Crippen molar-refractivity contribution in [2.45, 2.75) is 26.3 Å². The fraction of sp³-hybridized carbons (Fsp3) is 0.214. The molecule has 0 radical (unpaired) electrons. The smallest absolute Gasteiger partial charge is 0.343 e. The van der Waals surface area contributed by atoms with E-state index in [2.05, 4.69) is 4.99 Å². The molecule has 0 unspecified atom stereocenters. The lowest BCUT2D eigenvalue weighted by molar-refractivity contribution is -0.143. The summed E-state index contributed by atoms with van der Waals surface area (Å²) in [4.78, 5) is 43.2. The van der Waals surface area contributed by atoms with E-state index in [-0.39, 0.29) is 24.3 Å². The molecule has 0 aliphatic carbocycles. The number of ether oxygens (including phenoxy) is 2. The third kappa shape index (κ3) is 8.50. The average molecular weight is 503 g/mol. The Bertz CT molecular complexity index is 1220. The van der Waals surface area contributed by atoms with Crippen molar-refractivity contribution in [2.75, 3.05) is 13.2 Å². The molecule has 3 rings (SSSR count). The second-order valence-electron chi connectivity index (χ2n) is 8.12. The van der Waals surface area contributed by atoms with Gasteiger partial charge in [-0.25, -0.2) is 9.79 Å². The molecule has 37 heavy (non-hydrogen) atoms. The zero-order valence-electron chi connectivity index (χ0n) is 20.6. The van der Waals surface area contributed by atoms with Gasteiger partial charge in [-0.05, 0) is 67.4 Å². The summed E-state index contributed by atoms with van der Waals surface area (Å²) < 4.78 is 10.4. The van der Waals surface area contributed by atoms with Gasteiger partial charge in [0, 0.05) is 25.1 Å². The van der Waals surface area contributed by atoms with Crippen molar-refractivity contribution in [1.82, 2.24) is 4.90 Å². The van der Waals surface area contributed by atoms with Gasteiger partial charge >= 0.3 is 11.9 Å². The minimum absolute atomic E-state index is 0.0688. The Balaban J connectivity index is 1.67. The number of aliphatic imine (C=N–C) groups is 1. The van der Waals surface area contributed by atoms with Crippen LogP contribution in [0.5, 0.6) is 5.75 Å². The van der Waals surface area contributed by atoms with Crippen LogP contribution in [0, 0.1) is 0 Å². The van der Waals surface area contributed by atoms with Crippen molar-refractivity contribution in [3.8, 4) is 5.75 Å². The Morgan fingerprint density at radius 1 is 0.865 bits per heavy atom. The molecule has 9 nitrogen and oxygen atoms in total. The van der Waals surface area contributed by atoms with E-state index in [9.17, 15) is 14.4 Å². The van der Waals surface area contributed by atoms with E-state index in [0.29, 0.717) is 48.7 Å². The summed E-state index contributed by atoms with van der Waals surface area (Å²) >= 11 is 0. The highest BCUT2D eigenvalue weighted by atomic mass is 16.5. The number of carbonyl (C=O) groups is 3. The minimum atomic E-state index is -0.566. The predicted octanol–water partition coefficient (Wildman–Crippen LogP) is 3.80. The molecule has 0 aliphatic heterocycles. The average Bonchev–Trinajstić information content (AvgIpc) is 2.89. The number of hydrogen-bond acceptors (Lipinski definition) is 6. The van der Waals surface area contributed by atoms with Gasteiger partial charge < -0.3 is 25.8 Å². The van der Waals surface area contributed by atoms with Crippen LogP contribution in [0.2, 0.25) is 0 Å². The summed E-state index contributed by atoms with van der Waals surface area (Å²) in [6.45, 7) is 2.85. The van der Waals surface area contributed by atoms with Gasteiger partial charge in [0.15, 0.2) is 5.96 Å². The molecular weight excluding hydrogens is 472 g/mol. The first kappa shape index (κ1) is 26.9. The Hall–Kier alpha value is -4.66. The lowest BCUT2D eigenvalue weighted by Gasteiger charge is -2.23. The highest BCUT2D eigenvalue weighted by molar-refractivity contribution is 5.96. The van der Waals surface area contributed by atoms with Gasteiger partial charge in [-0.3, -0.25) is 9.59 Å². The number of hydrogen-bond donors (Lipinski definition) is 2. The normalized spacial score (nSPS) is 10.3. The van der Waals surface area contributed by atoms with E-state index < -0.39 is 5.97 Å². The third-order valence-corrected chi connectivity index (χ3v) is 5.29. The van der Waals surface area contributed by atoms with Crippen LogP contribution in [0.25, 0.3) is 0 Å². The second-order valence-corrected chi connectivity index (χ2v) is 8.12. The zero-order chi connectivity index (χ0) is 26.6. The molecular formula is C28H30N4O5. The molecule has 0 aliphatic rings. The number of guanidine groups is 1. The molecule has 0 fully saturated rings. The maximum atomic E-state index is 13.3. The zero-order valence-corrected chi connectivity index (χ0v) is 20.6. The van der Waals surface area contributed by atoms with Gasteiger partial charge in [0.25, 0.3) is 5.91 Å². The standard InChI is InChI=1S/C28H30N4O5/c1-2-36-25(33)9-6-18-32(19-20-7-4-3-5-8-20)26(34)21-10-12-22(13-11-21)27(35)37-24-16-14-23(15-17-24)31-28(29)30/h3-5,7-8,10-17H,2,6,9,18-19H2,1H3,(H4,29,30,31). The van der Waals surface area contributed by atoms with E-state index in [0.717, 1.165) is 5.56 Å². The molecule has 192 valence electrons. The first-order chi connectivity index (χ1) is 17.9. The van der Waals surface area contributed by atoms with Gasteiger partial charge in [-0.1, -0.05) is 30.3 Å². The van der Waals surface area contributed by atoms with Crippen LogP contribution < -0.4 is 16.2 Å². The molecule has 0 saturated carbocycles. The number of carbonyl (C=O) groups excluding carboxylic acids is 3. The van der Waals surface area contributed by atoms with Gasteiger partial charge in [-0.2, -0.15) is 0 Å². The number of benzene rings is 3. The number of amides is 1. The van der Waals surface area contributed by atoms with Gasteiger partial charge in [0.1, 0.15) is 5.75 Å². The van der Waals surface area contributed by atoms with Crippen LogP contribution in [0.4, 0.5) is 5.69 Å². The van der Waals surface area contributed by atoms with Crippen molar-refractivity contribution < 1.29 is 23.9 Å². The summed E-state index contributed by atoms with van der Waals surface area (Å²) in [6, 6.07) is 22.3. The molecule has 1 amide bonds. The number of rotatable bonds is 11. The second kappa shape index (κ2) is 13.4. The lowest BCUT2D eigenvalue weighted by Crippen LogP contribution is -2.32. The van der Waals surface area contributed by atoms with Crippen molar-refractivity contribution in [3.63, 3.8) is 0 Å². The Labute approximate surface area is 215 Å². The predicted molar refractivity (Wildman–Crippen MR) is 140 cm³/mol. The minimum Gasteiger partial charge on any atom is -0.466 e. The largest absolute Gasteiger partial charge is 0.466 e. The molecule has 0 heterocycles. The van der Waals surface area contributed by atoms with Gasteiger partial charge in [0.05, 0.1) is 17.9 Å². The van der Waals surface area contributed by atoms with Crippen LogP contribution in [-0.4, -0.2) is 41.9 Å². The van der Waals surface area contributed by atoms with Crippen LogP contribution in [0.15, 0.2) is 83.9 Å². The summed E-state index contributed by atoms with van der Waals surface area (Å²) in [6.07, 6.45) is 0.702. The molecule has 0 spiro atoms. The van der Waals surface area contributed by atoms with E-state index in [4.69, 9.17) is 20.9 Å². The van der Waals surface area contributed by atoms with E-state index in [1.165, 1.54) is 0 Å². The first-order valence-corrected chi connectivity index (χ1v) is 11.9. The molecule has 0 aromatic heterocycles. The summed E-state index contributed by atoms with van der Waals surface area (Å²) in [7, 11) is 0. The SMILES string of the molecule is CCOC(=O)CCCN(Cc1ccccc1)C(=O)c1ccc(C(=O)Oc2ccc(N=C(N)N)cc2)cc1. The molecule has 4 N–H and O–H groups in total. The number of esters is 2. The number of nitrogens with two attached hydrogens (primary N) is 2. The fourth-order valence-electron chi connectivity index (χ4n) is 3.54. The molecule has 0 bridgehead atoms.